The van der Waals surface area contributed by atoms with E-state index in [1.165, 1.54) is 27.8 Å². The van der Waals surface area contributed by atoms with Gasteiger partial charge < -0.3 is 9.64 Å². The molecule has 1 amide bonds. The monoisotopic (exact) mass is 568 g/mol. The highest BCUT2D eigenvalue weighted by Gasteiger charge is 2.25. The first-order valence-electron chi connectivity index (χ1n) is 12.3. The number of fused-ring (bicyclic) bond motifs is 1. The largest absolute Gasteiger partial charge is 0.494 e. The summed E-state index contributed by atoms with van der Waals surface area (Å²) in [5, 5.41) is 0.597. The molecular weight excluding hydrogens is 532 g/mol. The molecule has 0 radical (unpaired) electrons. The van der Waals surface area contributed by atoms with Crippen LogP contribution in [0.5, 0.6) is 5.75 Å². The van der Waals surface area contributed by atoms with Crippen molar-refractivity contribution in [3.8, 4) is 5.75 Å². The molecule has 0 saturated heterocycles. The van der Waals surface area contributed by atoms with Crippen LogP contribution < -0.4 is 9.64 Å². The number of sulfonamides is 1. The zero-order valence-corrected chi connectivity index (χ0v) is 24.6. The van der Waals surface area contributed by atoms with Crippen molar-refractivity contribution < 1.29 is 17.9 Å². The fourth-order valence-corrected chi connectivity index (χ4v) is 6.42. The van der Waals surface area contributed by atoms with Gasteiger partial charge in [-0.15, -0.1) is 12.4 Å². The lowest BCUT2D eigenvalue weighted by molar-refractivity contribution is 0.0985. The molecule has 8 nitrogen and oxygen atoms in total. The van der Waals surface area contributed by atoms with E-state index >= 15 is 0 Å². The maximum Gasteiger partial charge on any atom is 0.260 e. The molecule has 0 fully saturated rings. The van der Waals surface area contributed by atoms with Crippen LogP contribution in [0.2, 0.25) is 0 Å². The van der Waals surface area contributed by atoms with Crippen molar-refractivity contribution in [2.75, 3.05) is 51.8 Å². The summed E-state index contributed by atoms with van der Waals surface area (Å²) >= 11 is 1.44. The number of nitrogens with zero attached hydrogens (tertiary/aromatic N) is 4. The average molecular weight is 569 g/mol. The molecular formula is C26H37ClN4O4S2. The van der Waals surface area contributed by atoms with Crippen molar-refractivity contribution in [2.24, 2.45) is 0 Å². The number of hydrogen-bond donors (Lipinski definition) is 0. The van der Waals surface area contributed by atoms with Crippen LogP contribution in [-0.2, 0) is 10.0 Å². The summed E-state index contributed by atoms with van der Waals surface area (Å²) in [6, 6.07) is 11.9. The number of halogens is 1. The number of rotatable bonds is 13. The summed E-state index contributed by atoms with van der Waals surface area (Å²) in [7, 11) is 0.295. The van der Waals surface area contributed by atoms with Gasteiger partial charge in [-0.1, -0.05) is 25.2 Å². The minimum absolute atomic E-state index is 0. The highest BCUT2D eigenvalue weighted by molar-refractivity contribution is 7.89. The second-order valence-electron chi connectivity index (χ2n) is 8.75. The Morgan fingerprint density at radius 1 is 0.946 bits per heavy atom. The van der Waals surface area contributed by atoms with Gasteiger partial charge in [0, 0.05) is 31.7 Å². The lowest BCUT2D eigenvalue weighted by Crippen LogP contribution is -2.36. The first-order chi connectivity index (χ1) is 17.2. The van der Waals surface area contributed by atoms with Crippen molar-refractivity contribution in [3.63, 3.8) is 0 Å². The Kier molecular flexibility index (Phi) is 11.8. The predicted molar refractivity (Wildman–Crippen MR) is 154 cm³/mol. The van der Waals surface area contributed by atoms with Crippen molar-refractivity contribution in [1.29, 1.82) is 0 Å². The summed E-state index contributed by atoms with van der Waals surface area (Å²) in [5.41, 5.74) is 1.22. The van der Waals surface area contributed by atoms with E-state index in [0.717, 1.165) is 28.8 Å². The standard InChI is InChI=1S/C26H36N4O4S2.ClH/c1-6-15-29(16-7-2)36(32,33)22-12-9-20(10-13-22)25(31)30(18-17-28(4)5)26-27-23-14-11-21(34-8-3)19-24(23)35-26;/h9-14,19H,6-8,15-18H2,1-5H3;1H. The van der Waals surface area contributed by atoms with Crippen LogP contribution in [0.3, 0.4) is 0 Å². The van der Waals surface area contributed by atoms with Crippen LogP contribution in [-0.4, -0.2) is 75.4 Å². The van der Waals surface area contributed by atoms with Gasteiger partial charge in [0.1, 0.15) is 5.75 Å². The number of benzene rings is 2. The second kappa shape index (κ2) is 14.1. The summed E-state index contributed by atoms with van der Waals surface area (Å²) in [6.07, 6.45) is 1.48. The fourth-order valence-electron chi connectivity index (χ4n) is 3.77. The minimum Gasteiger partial charge on any atom is -0.494 e. The van der Waals surface area contributed by atoms with Gasteiger partial charge in [-0.25, -0.2) is 13.4 Å². The maximum absolute atomic E-state index is 13.6. The van der Waals surface area contributed by atoms with Crippen LogP contribution in [0, 0.1) is 0 Å². The van der Waals surface area contributed by atoms with Gasteiger partial charge in [-0.2, -0.15) is 4.31 Å². The molecule has 37 heavy (non-hydrogen) atoms. The SMILES string of the molecule is CCCN(CCC)S(=O)(=O)c1ccc(C(=O)N(CCN(C)C)c2nc3ccc(OCC)cc3s2)cc1.Cl. The molecule has 1 aromatic heterocycles. The van der Waals surface area contributed by atoms with Gasteiger partial charge in [0.05, 0.1) is 21.7 Å². The Morgan fingerprint density at radius 3 is 2.16 bits per heavy atom. The van der Waals surface area contributed by atoms with Crippen LogP contribution in [0.15, 0.2) is 47.4 Å². The summed E-state index contributed by atoms with van der Waals surface area (Å²) in [6.45, 7) is 8.47. The summed E-state index contributed by atoms with van der Waals surface area (Å²) < 4.78 is 34.3. The first-order valence-corrected chi connectivity index (χ1v) is 14.6. The van der Waals surface area contributed by atoms with Crippen molar-refractivity contribution in [2.45, 2.75) is 38.5 Å². The van der Waals surface area contributed by atoms with E-state index in [-0.39, 0.29) is 23.2 Å². The number of hydrogen-bond acceptors (Lipinski definition) is 7. The van der Waals surface area contributed by atoms with E-state index in [9.17, 15) is 13.2 Å². The van der Waals surface area contributed by atoms with E-state index in [4.69, 9.17) is 9.72 Å². The number of thiazole rings is 1. The van der Waals surface area contributed by atoms with Crippen molar-refractivity contribution in [1.82, 2.24) is 14.2 Å². The van der Waals surface area contributed by atoms with Crippen LogP contribution in [0.1, 0.15) is 44.0 Å². The lowest BCUT2D eigenvalue weighted by Gasteiger charge is -2.23. The van der Waals surface area contributed by atoms with Crippen molar-refractivity contribution in [3.05, 3.63) is 48.0 Å². The van der Waals surface area contributed by atoms with Crippen LogP contribution >= 0.6 is 23.7 Å². The molecule has 2 aromatic carbocycles. The Balaban J connectivity index is 0.00000481. The van der Waals surface area contributed by atoms with Crippen LogP contribution in [0.25, 0.3) is 10.2 Å². The molecule has 0 aliphatic carbocycles. The first kappa shape index (κ1) is 31.0. The molecule has 3 aromatic rings. The van der Waals surface area contributed by atoms with Gasteiger partial charge >= 0.3 is 0 Å². The molecule has 0 aliphatic rings. The lowest BCUT2D eigenvalue weighted by atomic mass is 10.2. The smallest absolute Gasteiger partial charge is 0.260 e. The highest BCUT2D eigenvalue weighted by atomic mass is 35.5. The molecule has 0 saturated carbocycles. The third kappa shape index (κ3) is 7.64. The Labute approximate surface area is 230 Å². The Morgan fingerprint density at radius 2 is 1.59 bits per heavy atom. The Bertz CT molecular complexity index is 1260. The molecule has 0 bridgehead atoms. The van der Waals surface area contributed by atoms with Gasteiger partial charge in [-0.05, 0) is 76.3 Å². The maximum atomic E-state index is 13.6. The summed E-state index contributed by atoms with van der Waals surface area (Å²) in [4.78, 5) is 22.2. The van der Waals surface area contributed by atoms with E-state index in [0.29, 0.717) is 43.5 Å². The topological polar surface area (TPSA) is 83.1 Å². The normalized spacial score (nSPS) is 11.6. The molecule has 204 valence electrons. The van der Waals surface area contributed by atoms with E-state index in [2.05, 4.69) is 0 Å². The number of likely N-dealkylation sites (N-methyl/N-ethyl adjacent to an activating group) is 1. The third-order valence-corrected chi connectivity index (χ3v) is 8.55. The van der Waals surface area contributed by atoms with Crippen molar-refractivity contribution >= 4 is 55.0 Å². The number of carbonyl (C=O) groups excluding carboxylic acids is 1. The molecule has 1 heterocycles. The predicted octanol–water partition coefficient (Wildman–Crippen LogP) is 5.14. The number of aromatic nitrogens is 1. The zero-order chi connectivity index (χ0) is 26.3. The van der Waals surface area contributed by atoms with Gasteiger partial charge in [0.25, 0.3) is 5.91 Å². The van der Waals surface area contributed by atoms with E-state index in [1.807, 2.05) is 58.0 Å². The average Bonchev–Trinajstić information content (AvgIpc) is 3.27. The minimum atomic E-state index is -3.61. The van der Waals surface area contributed by atoms with Gasteiger partial charge in [0.15, 0.2) is 5.13 Å². The number of ether oxygens (including phenoxy) is 1. The van der Waals surface area contributed by atoms with Gasteiger partial charge in [-0.3, -0.25) is 9.69 Å². The van der Waals surface area contributed by atoms with E-state index in [1.54, 1.807) is 17.0 Å². The second-order valence-corrected chi connectivity index (χ2v) is 11.7. The molecule has 11 heteroatoms. The fraction of sp³-hybridized carbons (Fsp3) is 0.462. The molecule has 0 spiro atoms. The molecule has 0 aliphatic heterocycles. The number of amides is 1. The third-order valence-electron chi connectivity index (χ3n) is 5.59. The molecule has 3 rings (SSSR count). The Hall–Kier alpha value is -2.24. The highest BCUT2D eigenvalue weighted by Crippen LogP contribution is 2.32. The molecule has 0 unspecified atom stereocenters. The van der Waals surface area contributed by atoms with E-state index < -0.39 is 10.0 Å². The quantitative estimate of drug-likeness (QED) is 0.284. The van der Waals surface area contributed by atoms with Gasteiger partial charge in [0.2, 0.25) is 10.0 Å². The molecule has 0 N–H and O–H groups in total. The van der Waals surface area contributed by atoms with Crippen LogP contribution in [0.4, 0.5) is 5.13 Å². The summed E-state index contributed by atoms with van der Waals surface area (Å²) in [5.74, 6) is 0.548. The number of anilines is 1. The molecule has 0 atom stereocenters. The zero-order valence-electron chi connectivity index (χ0n) is 22.1. The number of carbonyl (C=O) groups is 1.